The van der Waals surface area contributed by atoms with E-state index in [1.165, 1.54) is 0 Å². The van der Waals surface area contributed by atoms with Gasteiger partial charge in [0, 0.05) is 10.9 Å². The number of benzene rings is 1. The molecule has 1 atom stereocenters. The molecule has 0 radical (unpaired) electrons. The molecule has 0 aliphatic carbocycles. The normalized spacial score (nSPS) is 23.1. The van der Waals surface area contributed by atoms with Crippen molar-refractivity contribution >= 4 is 33.5 Å². The number of hydrogen-bond acceptors (Lipinski definition) is 3. The molecule has 1 aromatic rings. The number of rotatable bonds is 4. The monoisotopic (exact) mass is 328 g/mol. The number of carbonyl (C=O) groups excluding carboxylic acids is 1. The van der Waals surface area contributed by atoms with Gasteiger partial charge in [0.05, 0.1) is 11.9 Å². The molecule has 0 saturated carbocycles. The van der Waals surface area contributed by atoms with Crippen LogP contribution in [0.5, 0.6) is 5.75 Å². The topological polar surface area (TPSA) is 26.3 Å². The van der Waals surface area contributed by atoms with Crippen molar-refractivity contribution < 1.29 is 9.53 Å². The number of thioether (sulfide) groups is 1. The predicted molar refractivity (Wildman–Crippen MR) is 79.5 cm³/mol. The number of ether oxygens (including phenoxy) is 1. The van der Waals surface area contributed by atoms with E-state index in [9.17, 15) is 4.79 Å². The minimum absolute atomic E-state index is 0.192. The average molecular weight is 329 g/mol. The van der Waals surface area contributed by atoms with Crippen molar-refractivity contribution in [1.29, 1.82) is 0 Å². The van der Waals surface area contributed by atoms with E-state index in [1.54, 1.807) is 18.9 Å². The number of hydrogen-bond donors (Lipinski definition) is 0. The lowest BCUT2D eigenvalue weighted by atomic mass is 9.95. The standard InChI is InChI=1S/C14H17BrO2S/c1-14(6-3-7-18-14)13(16)9-10-8-11(17-2)4-5-12(10)15/h4-5,8H,3,6-7,9H2,1-2H3. The molecule has 2 rings (SSSR count). The summed E-state index contributed by atoms with van der Waals surface area (Å²) < 4.78 is 5.99. The average Bonchev–Trinajstić information content (AvgIpc) is 2.80. The van der Waals surface area contributed by atoms with Crippen LogP contribution < -0.4 is 4.74 Å². The van der Waals surface area contributed by atoms with Crippen molar-refractivity contribution in [3.05, 3.63) is 28.2 Å². The molecule has 4 heteroatoms. The van der Waals surface area contributed by atoms with Gasteiger partial charge in [-0.05, 0) is 49.3 Å². The zero-order valence-corrected chi connectivity index (χ0v) is 13.1. The van der Waals surface area contributed by atoms with Gasteiger partial charge in [-0.1, -0.05) is 15.9 Å². The number of methoxy groups -OCH3 is 1. The van der Waals surface area contributed by atoms with Crippen LogP contribution in [-0.4, -0.2) is 23.4 Å². The van der Waals surface area contributed by atoms with Crippen LogP contribution in [0.25, 0.3) is 0 Å². The van der Waals surface area contributed by atoms with Crippen molar-refractivity contribution in [1.82, 2.24) is 0 Å². The van der Waals surface area contributed by atoms with Crippen molar-refractivity contribution in [3.8, 4) is 5.75 Å². The molecule has 0 spiro atoms. The van der Waals surface area contributed by atoms with Gasteiger partial charge < -0.3 is 4.74 Å². The number of ketones is 1. The highest BCUT2D eigenvalue weighted by Crippen LogP contribution is 2.39. The van der Waals surface area contributed by atoms with Crippen LogP contribution in [0.4, 0.5) is 0 Å². The minimum atomic E-state index is -0.192. The summed E-state index contributed by atoms with van der Waals surface area (Å²) in [4.78, 5) is 12.4. The van der Waals surface area contributed by atoms with Crippen LogP contribution >= 0.6 is 27.7 Å². The summed E-state index contributed by atoms with van der Waals surface area (Å²) >= 11 is 5.29. The van der Waals surface area contributed by atoms with Gasteiger partial charge in [0.25, 0.3) is 0 Å². The van der Waals surface area contributed by atoms with Crippen LogP contribution in [0, 0.1) is 0 Å². The van der Waals surface area contributed by atoms with E-state index in [-0.39, 0.29) is 4.75 Å². The van der Waals surface area contributed by atoms with E-state index in [0.717, 1.165) is 34.4 Å². The molecular weight excluding hydrogens is 312 g/mol. The molecule has 1 fully saturated rings. The van der Waals surface area contributed by atoms with Gasteiger partial charge in [0.1, 0.15) is 5.75 Å². The van der Waals surface area contributed by atoms with E-state index < -0.39 is 0 Å². The van der Waals surface area contributed by atoms with Crippen LogP contribution in [0.15, 0.2) is 22.7 Å². The number of carbonyl (C=O) groups is 1. The summed E-state index contributed by atoms with van der Waals surface area (Å²) in [6.07, 6.45) is 2.62. The van der Waals surface area contributed by atoms with E-state index in [4.69, 9.17) is 4.74 Å². The summed E-state index contributed by atoms with van der Waals surface area (Å²) in [5.74, 6) is 2.21. The number of halogens is 1. The Morgan fingerprint density at radius 2 is 2.33 bits per heavy atom. The van der Waals surface area contributed by atoms with Crippen molar-refractivity contribution in [2.45, 2.75) is 30.9 Å². The Kier molecular flexibility index (Phi) is 4.38. The van der Waals surface area contributed by atoms with Crippen LogP contribution in [0.2, 0.25) is 0 Å². The first-order valence-corrected chi connectivity index (χ1v) is 7.83. The van der Waals surface area contributed by atoms with Gasteiger partial charge in [0.2, 0.25) is 0 Å². The predicted octanol–water partition coefficient (Wildman–Crippen LogP) is 3.86. The first-order valence-electron chi connectivity index (χ1n) is 6.05. The summed E-state index contributed by atoms with van der Waals surface area (Å²) in [6, 6.07) is 5.76. The smallest absolute Gasteiger partial charge is 0.152 e. The molecular formula is C14H17BrO2S. The molecule has 2 nitrogen and oxygen atoms in total. The third-order valence-corrected chi connectivity index (χ3v) is 5.75. The fourth-order valence-corrected chi connectivity index (χ4v) is 3.82. The molecule has 1 saturated heterocycles. The molecule has 0 bridgehead atoms. The van der Waals surface area contributed by atoms with Crippen LogP contribution in [0.1, 0.15) is 25.3 Å². The van der Waals surface area contributed by atoms with Crippen molar-refractivity contribution in [3.63, 3.8) is 0 Å². The second kappa shape index (κ2) is 5.66. The highest BCUT2D eigenvalue weighted by molar-refractivity contribution is 9.10. The van der Waals surface area contributed by atoms with Crippen LogP contribution in [-0.2, 0) is 11.2 Å². The summed E-state index contributed by atoms with van der Waals surface area (Å²) in [7, 11) is 1.64. The Hall–Kier alpha value is -0.480. The Labute approximate surface area is 121 Å². The van der Waals surface area contributed by atoms with Crippen molar-refractivity contribution in [2.24, 2.45) is 0 Å². The van der Waals surface area contributed by atoms with E-state index in [2.05, 4.69) is 22.9 Å². The van der Waals surface area contributed by atoms with Crippen LogP contribution in [0.3, 0.4) is 0 Å². The first kappa shape index (κ1) is 13.9. The second-order valence-corrected chi connectivity index (χ2v) is 7.19. The Morgan fingerprint density at radius 3 is 2.94 bits per heavy atom. The maximum Gasteiger partial charge on any atom is 0.152 e. The van der Waals surface area contributed by atoms with Gasteiger partial charge in [-0.25, -0.2) is 0 Å². The zero-order valence-electron chi connectivity index (χ0n) is 10.7. The molecule has 18 heavy (non-hydrogen) atoms. The SMILES string of the molecule is COc1ccc(Br)c(CC(=O)C2(C)CCCS2)c1. The molecule has 1 unspecified atom stereocenters. The minimum Gasteiger partial charge on any atom is -0.497 e. The van der Waals surface area contributed by atoms with E-state index in [1.807, 2.05) is 18.2 Å². The van der Waals surface area contributed by atoms with Gasteiger partial charge >= 0.3 is 0 Å². The van der Waals surface area contributed by atoms with Gasteiger partial charge in [0.15, 0.2) is 5.78 Å². The molecule has 1 aromatic carbocycles. The highest BCUT2D eigenvalue weighted by atomic mass is 79.9. The van der Waals surface area contributed by atoms with Gasteiger partial charge in [-0.3, -0.25) is 4.79 Å². The lowest BCUT2D eigenvalue weighted by Gasteiger charge is -2.21. The Bertz CT molecular complexity index is 453. The summed E-state index contributed by atoms with van der Waals surface area (Å²) in [5.41, 5.74) is 1.01. The Balaban J connectivity index is 2.16. The molecule has 98 valence electrons. The molecule has 1 aliphatic rings. The first-order chi connectivity index (χ1) is 8.55. The fourth-order valence-electron chi connectivity index (χ4n) is 2.17. The zero-order chi connectivity index (χ0) is 13.2. The second-order valence-electron chi connectivity index (χ2n) is 4.74. The third-order valence-electron chi connectivity index (χ3n) is 3.41. The highest BCUT2D eigenvalue weighted by Gasteiger charge is 2.36. The maximum atomic E-state index is 12.4. The molecule has 0 N–H and O–H groups in total. The Morgan fingerprint density at radius 1 is 1.56 bits per heavy atom. The molecule has 0 amide bonds. The lowest BCUT2D eigenvalue weighted by molar-refractivity contribution is -0.120. The fraction of sp³-hybridized carbons (Fsp3) is 0.500. The van der Waals surface area contributed by atoms with E-state index >= 15 is 0 Å². The molecule has 1 aliphatic heterocycles. The molecule has 1 heterocycles. The lowest BCUT2D eigenvalue weighted by Crippen LogP contribution is -2.30. The van der Waals surface area contributed by atoms with Crippen molar-refractivity contribution in [2.75, 3.05) is 12.9 Å². The van der Waals surface area contributed by atoms with Gasteiger partial charge in [-0.15, -0.1) is 11.8 Å². The van der Waals surface area contributed by atoms with Gasteiger partial charge in [-0.2, -0.15) is 0 Å². The third kappa shape index (κ3) is 2.91. The molecule has 0 aromatic heterocycles. The summed E-state index contributed by atoms with van der Waals surface area (Å²) in [6.45, 7) is 2.07. The van der Waals surface area contributed by atoms with E-state index in [0.29, 0.717) is 12.2 Å². The maximum absolute atomic E-state index is 12.4. The summed E-state index contributed by atoms with van der Waals surface area (Å²) in [5, 5.41) is 0. The number of Topliss-reactive ketones (excluding diaryl/α,β-unsaturated/α-hetero) is 1. The quantitative estimate of drug-likeness (QED) is 0.839. The largest absolute Gasteiger partial charge is 0.497 e.